The molecule has 0 fully saturated rings. The van der Waals surface area contributed by atoms with Gasteiger partial charge in [0.05, 0.1) is 12.0 Å². The third-order valence-electron chi connectivity index (χ3n) is 6.19. The summed E-state index contributed by atoms with van der Waals surface area (Å²) in [5.74, 6) is 0.283. The fourth-order valence-electron chi connectivity index (χ4n) is 3.82. The summed E-state index contributed by atoms with van der Waals surface area (Å²) in [5, 5.41) is 2.99. The fraction of sp³-hybridized carbons (Fsp3) is 0.481. The summed E-state index contributed by atoms with van der Waals surface area (Å²) in [5.41, 5.74) is 0.848. The Bertz CT molecular complexity index is 1090. The zero-order valence-corrected chi connectivity index (χ0v) is 22.8. The lowest BCUT2D eigenvalue weighted by atomic mass is 10.1. The summed E-state index contributed by atoms with van der Waals surface area (Å²) in [4.78, 5) is 28.3. The summed E-state index contributed by atoms with van der Waals surface area (Å²) in [6, 6.07) is 15.0. The van der Waals surface area contributed by atoms with Gasteiger partial charge in [-0.2, -0.15) is 0 Å². The Morgan fingerprint density at radius 3 is 2.33 bits per heavy atom. The molecule has 0 aliphatic rings. The van der Waals surface area contributed by atoms with Crippen molar-refractivity contribution in [1.82, 2.24) is 14.5 Å². The number of carbonyl (C=O) groups excluding carboxylic acids is 2. The molecule has 0 radical (unpaired) electrons. The van der Waals surface area contributed by atoms with Crippen LogP contribution >= 0.6 is 0 Å². The van der Waals surface area contributed by atoms with E-state index in [1.807, 2.05) is 45.0 Å². The summed E-state index contributed by atoms with van der Waals surface area (Å²) < 4.78 is 32.1. The number of hydrogen-bond acceptors (Lipinski definition) is 5. The molecule has 8 nitrogen and oxygen atoms in total. The molecular weight excluding hydrogens is 478 g/mol. The molecule has 2 atom stereocenters. The number of amides is 2. The van der Waals surface area contributed by atoms with Gasteiger partial charge in [-0.25, -0.2) is 12.7 Å². The van der Waals surface area contributed by atoms with Crippen LogP contribution in [0.5, 0.6) is 5.75 Å². The van der Waals surface area contributed by atoms with Gasteiger partial charge in [-0.1, -0.05) is 44.2 Å². The number of sulfonamides is 1. The van der Waals surface area contributed by atoms with Gasteiger partial charge in [0, 0.05) is 32.6 Å². The highest BCUT2D eigenvalue weighted by atomic mass is 32.2. The summed E-state index contributed by atoms with van der Waals surface area (Å²) >= 11 is 0. The minimum absolute atomic E-state index is 0.00263. The summed E-state index contributed by atoms with van der Waals surface area (Å²) in [6.07, 6.45) is 1.69. The Hall–Kier alpha value is -2.91. The Balaban J connectivity index is 2.16. The normalized spacial score (nSPS) is 13.2. The molecule has 0 spiro atoms. The monoisotopic (exact) mass is 517 g/mol. The van der Waals surface area contributed by atoms with Crippen LogP contribution in [0.25, 0.3) is 0 Å². The van der Waals surface area contributed by atoms with Gasteiger partial charge in [0.25, 0.3) is 0 Å². The molecule has 0 saturated carbocycles. The van der Waals surface area contributed by atoms with Crippen LogP contribution in [0, 0.1) is 0 Å². The molecule has 2 amide bonds. The second-order valence-corrected chi connectivity index (χ2v) is 10.9. The quantitative estimate of drug-likeness (QED) is 0.411. The molecule has 0 saturated heterocycles. The number of benzene rings is 2. The average molecular weight is 518 g/mol. The van der Waals surface area contributed by atoms with Gasteiger partial charge in [0.1, 0.15) is 11.8 Å². The van der Waals surface area contributed by atoms with E-state index in [9.17, 15) is 18.0 Å². The van der Waals surface area contributed by atoms with E-state index in [1.165, 1.54) is 11.4 Å². The van der Waals surface area contributed by atoms with Crippen LogP contribution in [0.1, 0.15) is 52.0 Å². The Labute approximate surface area is 215 Å². The maximum Gasteiger partial charge on any atom is 0.243 e. The highest BCUT2D eigenvalue weighted by molar-refractivity contribution is 7.89. The zero-order valence-electron chi connectivity index (χ0n) is 21.9. The predicted octanol–water partition coefficient (Wildman–Crippen LogP) is 3.82. The largest absolute Gasteiger partial charge is 0.497 e. The highest BCUT2D eigenvalue weighted by Crippen LogP contribution is 2.19. The molecule has 0 bridgehead atoms. The number of hydrogen-bond donors (Lipinski definition) is 1. The topological polar surface area (TPSA) is 96.0 Å². The lowest BCUT2D eigenvalue weighted by molar-refractivity contribution is -0.141. The van der Waals surface area contributed by atoms with Crippen molar-refractivity contribution in [3.63, 3.8) is 0 Å². The molecule has 0 aromatic heterocycles. The van der Waals surface area contributed by atoms with Crippen LogP contribution in [-0.2, 0) is 26.2 Å². The van der Waals surface area contributed by atoms with Crippen LogP contribution in [0.4, 0.5) is 0 Å². The smallest absolute Gasteiger partial charge is 0.243 e. The van der Waals surface area contributed by atoms with Crippen LogP contribution in [0.3, 0.4) is 0 Å². The highest BCUT2D eigenvalue weighted by Gasteiger charge is 2.29. The van der Waals surface area contributed by atoms with E-state index < -0.39 is 16.1 Å². The molecule has 1 N–H and O–H groups in total. The first-order chi connectivity index (χ1) is 17.1. The van der Waals surface area contributed by atoms with Gasteiger partial charge in [-0.05, 0) is 56.0 Å². The second-order valence-electron chi connectivity index (χ2n) is 8.86. The van der Waals surface area contributed by atoms with Crippen molar-refractivity contribution in [1.29, 1.82) is 0 Å². The minimum Gasteiger partial charge on any atom is -0.497 e. The first-order valence-corrected chi connectivity index (χ1v) is 13.8. The Kier molecular flexibility index (Phi) is 11.4. The van der Waals surface area contributed by atoms with Gasteiger partial charge in [-0.15, -0.1) is 0 Å². The third kappa shape index (κ3) is 8.06. The first kappa shape index (κ1) is 29.3. The van der Waals surface area contributed by atoms with Crippen molar-refractivity contribution in [2.75, 3.05) is 20.7 Å². The molecule has 198 valence electrons. The average Bonchev–Trinajstić information content (AvgIpc) is 2.88. The Morgan fingerprint density at radius 2 is 1.72 bits per heavy atom. The van der Waals surface area contributed by atoms with Crippen molar-refractivity contribution < 1.29 is 22.7 Å². The van der Waals surface area contributed by atoms with Gasteiger partial charge in [-0.3, -0.25) is 9.59 Å². The molecule has 0 heterocycles. The van der Waals surface area contributed by atoms with Crippen molar-refractivity contribution in [2.24, 2.45) is 0 Å². The second kappa shape index (κ2) is 14.0. The molecule has 2 aromatic rings. The number of ether oxygens (including phenoxy) is 1. The van der Waals surface area contributed by atoms with Crippen molar-refractivity contribution in [3.8, 4) is 5.75 Å². The molecule has 2 rings (SSSR count). The van der Waals surface area contributed by atoms with Crippen LogP contribution in [0.2, 0.25) is 0 Å². The molecule has 9 heteroatoms. The van der Waals surface area contributed by atoms with E-state index in [-0.39, 0.29) is 42.3 Å². The number of carbonyl (C=O) groups is 2. The van der Waals surface area contributed by atoms with Gasteiger partial charge in [0.15, 0.2) is 0 Å². The Morgan fingerprint density at radius 1 is 1.03 bits per heavy atom. The number of rotatable bonds is 14. The fourth-order valence-corrected chi connectivity index (χ4v) is 5.05. The third-order valence-corrected chi connectivity index (χ3v) is 8.06. The van der Waals surface area contributed by atoms with Crippen molar-refractivity contribution in [2.45, 2.75) is 70.0 Å². The van der Waals surface area contributed by atoms with Gasteiger partial charge < -0.3 is 15.0 Å². The zero-order chi connectivity index (χ0) is 26.7. The van der Waals surface area contributed by atoms with Crippen LogP contribution in [-0.4, -0.2) is 62.2 Å². The molecule has 2 aromatic carbocycles. The minimum atomic E-state index is -3.63. The van der Waals surface area contributed by atoms with Crippen molar-refractivity contribution >= 4 is 21.8 Å². The number of methoxy groups -OCH3 is 1. The lowest BCUT2D eigenvalue weighted by Crippen LogP contribution is -2.50. The first-order valence-electron chi connectivity index (χ1n) is 12.4. The van der Waals surface area contributed by atoms with E-state index in [1.54, 1.807) is 42.3 Å². The SMILES string of the molecule is CC[C@@H](C)NC(=O)[C@@H](CC)N(Cc1cccc(OC)c1)C(=O)CCCN(C)S(=O)(=O)c1ccccc1. The molecule has 36 heavy (non-hydrogen) atoms. The van der Waals surface area contributed by atoms with E-state index in [0.717, 1.165) is 12.0 Å². The van der Waals surface area contributed by atoms with Crippen molar-refractivity contribution in [3.05, 3.63) is 60.2 Å². The number of nitrogens with zero attached hydrogens (tertiary/aromatic N) is 2. The molecule has 0 aliphatic heterocycles. The van der Waals surface area contributed by atoms with E-state index >= 15 is 0 Å². The summed E-state index contributed by atoms with van der Waals surface area (Å²) in [7, 11) is -0.545. The lowest BCUT2D eigenvalue weighted by Gasteiger charge is -2.31. The van der Waals surface area contributed by atoms with Crippen LogP contribution < -0.4 is 10.1 Å². The molecular formula is C27H39N3O5S. The maximum absolute atomic E-state index is 13.4. The van der Waals surface area contributed by atoms with E-state index in [4.69, 9.17) is 4.74 Å². The summed E-state index contributed by atoms with van der Waals surface area (Å²) in [6.45, 7) is 6.24. The van der Waals surface area contributed by atoms with Gasteiger partial charge in [0.2, 0.25) is 21.8 Å². The van der Waals surface area contributed by atoms with Gasteiger partial charge >= 0.3 is 0 Å². The molecule has 0 unspecified atom stereocenters. The van der Waals surface area contributed by atoms with Crippen LogP contribution in [0.15, 0.2) is 59.5 Å². The van der Waals surface area contributed by atoms with E-state index in [2.05, 4.69) is 5.32 Å². The predicted molar refractivity (Wildman–Crippen MR) is 141 cm³/mol. The number of nitrogens with one attached hydrogen (secondary N) is 1. The maximum atomic E-state index is 13.4. The van der Waals surface area contributed by atoms with E-state index in [0.29, 0.717) is 18.6 Å². The standard InChI is InChI=1S/C27H39N3O5S/c1-6-21(3)28-27(32)25(7-2)30(20-22-13-11-14-23(19-22)35-5)26(31)17-12-18-29(4)36(33,34)24-15-9-8-10-16-24/h8-11,13-16,19,21,25H,6-7,12,17-18,20H2,1-5H3,(H,28,32)/t21-,25-/m1/s1. The molecule has 0 aliphatic carbocycles.